The van der Waals surface area contributed by atoms with E-state index in [-0.39, 0.29) is 17.5 Å². The fourth-order valence-corrected chi connectivity index (χ4v) is 4.62. The molecule has 9 heteroatoms. The van der Waals surface area contributed by atoms with Gasteiger partial charge >= 0.3 is 0 Å². The number of anilines is 1. The van der Waals surface area contributed by atoms with E-state index in [1.54, 1.807) is 0 Å². The molecule has 1 heterocycles. The highest BCUT2D eigenvalue weighted by atomic mass is 32.2. The Morgan fingerprint density at radius 1 is 1.04 bits per heavy atom. The molecule has 8 nitrogen and oxygen atoms in total. The van der Waals surface area contributed by atoms with Crippen molar-refractivity contribution in [3.8, 4) is 0 Å². The van der Waals surface area contributed by atoms with Crippen LogP contribution in [0.1, 0.15) is 6.92 Å². The largest absolute Gasteiger partial charge is 0.369 e. The van der Waals surface area contributed by atoms with E-state index < -0.39 is 20.6 Å². The third kappa shape index (κ3) is 4.67. The van der Waals surface area contributed by atoms with Crippen molar-refractivity contribution in [3.05, 3.63) is 64.7 Å². The van der Waals surface area contributed by atoms with E-state index in [4.69, 9.17) is 0 Å². The van der Waals surface area contributed by atoms with Gasteiger partial charge in [-0.25, -0.2) is 13.1 Å². The van der Waals surface area contributed by atoms with Crippen molar-refractivity contribution in [1.29, 1.82) is 0 Å². The number of nitrogens with zero attached hydrogens (tertiary/aromatic N) is 3. The third-order valence-corrected chi connectivity index (χ3v) is 6.45. The second-order valence-electron chi connectivity index (χ2n) is 6.78. The van der Waals surface area contributed by atoms with Crippen LogP contribution in [0, 0.1) is 10.1 Å². The predicted octanol–water partition coefficient (Wildman–Crippen LogP) is 2.08. The molecule has 2 aromatic rings. The quantitative estimate of drug-likeness (QED) is 0.561. The second kappa shape index (κ2) is 8.68. The fraction of sp³-hybridized carbons (Fsp3) is 0.368. The number of hydrogen-bond donors (Lipinski definition) is 1. The Balaban J connectivity index is 1.57. The van der Waals surface area contributed by atoms with Crippen LogP contribution >= 0.6 is 0 Å². The molecule has 0 unspecified atom stereocenters. The number of nitro groups is 1. The van der Waals surface area contributed by atoms with Gasteiger partial charge < -0.3 is 4.90 Å². The van der Waals surface area contributed by atoms with Crippen LogP contribution in [-0.2, 0) is 10.0 Å². The number of rotatable bonds is 7. The molecule has 0 aromatic heterocycles. The summed E-state index contributed by atoms with van der Waals surface area (Å²) >= 11 is 0. The molecule has 2 aromatic carbocycles. The van der Waals surface area contributed by atoms with Gasteiger partial charge in [-0.1, -0.05) is 30.3 Å². The first-order chi connectivity index (χ1) is 13.4. The first kappa shape index (κ1) is 20.2. The zero-order valence-corrected chi connectivity index (χ0v) is 16.5. The van der Waals surface area contributed by atoms with Crippen LogP contribution in [0.25, 0.3) is 0 Å². The van der Waals surface area contributed by atoms with Gasteiger partial charge in [-0.05, 0) is 25.1 Å². The van der Waals surface area contributed by atoms with Gasteiger partial charge in [0.25, 0.3) is 5.69 Å². The number of benzene rings is 2. The SMILES string of the molecule is C[C@@H](CNS(=O)(=O)c1ccccc1[N+](=O)[O-])N1CCN(c2ccccc2)CC1. The van der Waals surface area contributed by atoms with Crippen molar-refractivity contribution in [2.24, 2.45) is 0 Å². The average molecular weight is 404 g/mol. The van der Waals surface area contributed by atoms with Crippen molar-refractivity contribution in [1.82, 2.24) is 9.62 Å². The van der Waals surface area contributed by atoms with Crippen molar-refractivity contribution in [3.63, 3.8) is 0 Å². The first-order valence-corrected chi connectivity index (χ1v) is 10.6. The summed E-state index contributed by atoms with van der Waals surface area (Å²) < 4.78 is 27.6. The summed E-state index contributed by atoms with van der Waals surface area (Å²) in [7, 11) is -3.95. The van der Waals surface area contributed by atoms with Crippen molar-refractivity contribution in [2.75, 3.05) is 37.6 Å². The number of nitrogens with one attached hydrogen (secondary N) is 1. The van der Waals surface area contributed by atoms with Gasteiger partial charge in [0, 0.05) is 50.5 Å². The van der Waals surface area contributed by atoms with Crippen LogP contribution in [0.2, 0.25) is 0 Å². The van der Waals surface area contributed by atoms with Gasteiger partial charge in [-0.2, -0.15) is 0 Å². The Bertz CT molecular complexity index is 913. The summed E-state index contributed by atoms with van der Waals surface area (Å²) in [5.74, 6) is 0. The van der Waals surface area contributed by atoms with E-state index in [9.17, 15) is 18.5 Å². The number of sulfonamides is 1. The monoisotopic (exact) mass is 404 g/mol. The summed E-state index contributed by atoms with van der Waals surface area (Å²) in [6.45, 7) is 5.53. The molecule has 1 aliphatic rings. The lowest BCUT2D eigenvalue weighted by atomic mass is 10.2. The molecule has 0 saturated carbocycles. The Morgan fingerprint density at radius 2 is 1.64 bits per heavy atom. The molecule has 0 bridgehead atoms. The van der Waals surface area contributed by atoms with Crippen LogP contribution in [0.4, 0.5) is 11.4 Å². The zero-order chi connectivity index (χ0) is 20.1. The molecule has 1 atom stereocenters. The van der Waals surface area contributed by atoms with Gasteiger partial charge in [-0.3, -0.25) is 15.0 Å². The molecule has 0 spiro atoms. The van der Waals surface area contributed by atoms with Crippen LogP contribution in [0.3, 0.4) is 0 Å². The van der Waals surface area contributed by atoms with E-state index in [1.165, 1.54) is 30.0 Å². The topological polar surface area (TPSA) is 95.8 Å². The molecule has 1 N–H and O–H groups in total. The van der Waals surface area contributed by atoms with Gasteiger partial charge in [0.05, 0.1) is 4.92 Å². The maximum atomic E-state index is 12.5. The number of piperazine rings is 1. The lowest BCUT2D eigenvalue weighted by molar-refractivity contribution is -0.387. The third-order valence-electron chi connectivity index (χ3n) is 4.98. The lowest BCUT2D eigenvalue weighted by Gasteiger charge is -2.39. The summed E-state index contributed by atoms with van der Waals surface area (Å²) in [6, 6.07) is 15.6. The smallest absolute Gasteiger partial charge is 0.289 e. The fourth-order valence-electron chi connectivity index (χ4n) is 3.33. The lowest BCUT2D eigenvalue weighted by Crippen LogP contribution is -2.52. The highest BCUT2D eigenvalue weighted by molar-refractivity contribution is 7.89. The van der Waals surface area contributed by atoms with Crippen molar-refractivity contribution < 1.29 is 13.3 Å². The van der Waals surface area contributed by atoms with Crippen molar-refractivity contribution in [2.45, 2.75) is 17.9 Å². The molecule has 28 heavy (non-hydrogen) atoms. The van der Waals surface area contributed by atoms with E-state index in [0.29, 0.717) is 0 Å². The highest BCUT2D eigenvalue weighted by Gasteiger charge is 2.27. The number of nitro benzene ring substituents is 1. The molecule has 0 amide bonds. The number of hydrogen-bond acceptors (Lipinski definition) is 6. The normalized spacial score (nSPS) is 16.7. The molecule has 1 saturated heterocycles. The van der Waals surface area contributed by atoms with Crippen LogP contribution in [0.15, 0.2) is 59.5 Å². The first-order valence-electron chi connectivity index (χ1n) is 9.15. The molecule has 3 rings (SSSR count). The molecule has 0 radical (unpaired) electrons. The molecule has 1 aliphatic heterocycles. The Hall–Kier alpha value is -2.49. The molecular formula is C19H24N4O4S. The summed E-state index contributed by atoms with van der Waals surface area (Å²) in [4.78, 5) is 14.6. The van der Waals surface area contributed by atoms with Gasteiger partial charge in [-0.15, -0.1) is 0 Å². The molecule has 0 aliphatic carbocycles. The van der Waals surface area contributed by atoms with E-state index >= 15 is 0 Å². The van der Waals surface area contributed by atoms with E-state index in [2.05, 4.69) is 26.7 Å². The van der Waals surface area contributed by atoms with E-state index in [0.717, 1.165) is 26.2 Å². The second-order valence-corrected chi connectivity index (χ2v) is 8.52. The highest BCUT2D eigenvalue weighted by Crippen LogP contribution is 2.23. The minimum Gasteiger partial charge on any atom is -0.369 e. The maximum absolute atomic E-state index is 12.5. The minimum absolute atomic E-state index is 0.0181. The average Bonchev–Trinajstić information content (AvgIpc) is 2.73. The number of para-hydroxylation sites is 2. The zero-order valence-electron chi connectivity index (χ0n) is 15.7. The summed E-state index contributed by atoms with van der Waals surface area (Å²) in [5.41, 5.74) is 0.769. The maximum Gasteiger partial charge on any atom is 0.289 e. The summed E-state index contributed by atoms with van der Waals surface area (Å²) in [6.07, 6.45) is 0. The Kier molecular flexibility index (Phi) is 6.28. The Labute approximate surface area is 165 Å². The van der Waals surface area contributed by atoms with Crippen LogP contribution in [0.5, 0.6) is 0 Å². The Morgan fingerprint density at radius 3 is 2.29 bits per heavy atom. The van der Waals surface area contributed by atoms with Crippen LogP contribution in [-0.4, -0.2) is 57.0 Å². The van der Waals surface area contributed by atoms with Gasteiger partial charge in [0.1, 0.15) is 0 Å². The standard InChI is InChI=1S/C19H24N4O4S/c1-16(21-11-13-22(14-12-21)17-7-3-2-4-8-17)15-20-28(26,27)19-10-6-5-9-18(19)23(24)25/h2-10,16,20H,11-15H2,1H3/t16-/m0/s1. The molecule has 150 valence electrons. The molecule has 1 fully saturated rings. The van der Waals surface area contributed by atoms with Gasteiger partial charge in [0.15, 0.2) is 4.90 Å². The van der Waals surface area contributed by atoms with Crippen molar-refractivity contribution >= 4 is 21.4 Å². The predicted molar refractivity (Wildman–Crippen MR) is 108 cm³/mol. The van der Waals surface area contributed by atoms with E-state index in [1.807, 2.05) is 25.1 Å². The minimum atomic E-state index is -3.95. The summed E-state index contributed by atoms with van der Waals surface area (Å²) in [5, 5.41) is 11.1. The van der Waals surface area contributed by atoms with Gasteiger partial charge in [0.2, 0.25) is 10.0 Å². The van der Waals surface area contributed by atoms with Crippen LogP contribution < -0.4 is 9.62 Å². The molecular weight excluding hydrogens is 380 g/mol.